The zero-order valence-corrected chi connectivity index (χ0v) is 17.9. The van der Waals surface area contributed by atoms with Crippen molar-refractivity contribution in [3.8, 4) is 11.8 Å². The molecule has 0 spiro atoms. The molecule has 0 aliphatic rings. The minimum absolute atomic E-state index is 0.0316. The number of nitriles is 1. The van der Waals surface area contributed by atoms with E-state index in [9.17, 15) is 23.2 Å². The number of fused-ring (bicyclic) bond motifs is 1. The molecule has 2 heterocycles. The molecule has 0 radical (unpaired) electrons. The van der Waals surface area contributed by atoms with E-state index in [4.69, 9.17) is 11.5 Å². The van der Waals surface area contributed by atoms with E-state index in [1.54, 1.807) is 13.8 Å². The van der Waals surface area contributed by atoms with Crippen LogP contribution in [0, 0.1) is 35.7 Å². The van der Waals surface area contributed by atoms with E-state index in [0.29, 0.717) is 11.6 Å². The highest BCUT2D eigenvalue weighted by Gasteiger charge is 2.23. The van der Waals surface area contributed by atoms with Crippen LogP contribution in [0.3, 0.4) is 0 Å². The van der Waals surface area contributed by atoms with Crippen LogP contribution in [0.2, 0.25) is 0 Å². The number of nitrogens with two attached hydrogens (primary N) is 2. The van der Waals surface area contributed by atoms with Crippen LogP contribution in [0.25, 0.3) is 16.6 Å². The lowest BCUT2D eigenvalue weighted by Crippen LogP contribution is -2.28. The Labute approximate surface area is 190 Å². The molecular weight excluding hydrogens is 449 g/mol. The fraction of sp³-hybridized carbons (Fsp3) is 0.136. The molecule has 2 aromatic heterocycles. The second-order valence-corrected chi connectivity index (χ2v) is 7.49. The Kier molecular flexibility index (Phi) is 5.54. The van der Waals surface area contributed by atoms with E-state index in [0.717, 1.165) is 22.8 Å². The SMILES string of the molecule is Cc1ccc(F)c2c(=O)n(-c3cc(F)cc(F)c3)c([C@H](C)Nc3nc(N)nc(N)c3C#N)nc12. The summed E-state index contributed by atoms with van der Waals surface area (Å²) in [6.07, 6.45) is 0. The van der Waals surface area contributed by atoms with Crippen LogP contribution in [-0.4, -0.2) is 19.5 Å². The summed E-state index contributed by atoms with van der Waals surface area (Å²) in [6, 6.07) is 6.02. The second kappa shape index (κ2) is 8.36. The molecule has 0 bridgehead atoms. The summed E-state index contributed by atoms with van der Waals surface area (Å²) in [4.78, 5) is 25.6. The quantitative estimate of drug-likeness (QED) is 0.415. The Morgan fingerprint density at radius 1 is 1.09 bits per heavy atom. The smallest absolute Gasteiger partial charge is 0.269 e. The van der Waals surface area contributed by atoms with Crippen LogP contribution >= 0.6 is 0 Å². The van der Waals surface area contributed by atoms with Crippen LogP contribution in [0.4, 0.5) is 30.8 Å². The first-order valence-electron chi connectivity index (χ1n) is 9.88. The van der Waals surface area contributed by atoms with Crippen molar-refractivity contribution >= 4 is 28.5 Å². The van der Waals surface area contributed by atoms with Crippen LogP contribution in [0.5, 0.6) is 0 Å². The van der Waals surface area contributed by atoms with Gasteiger partial charge in [0.2, 0.25) is 5.95 Å². The normalized spacial score (nSPS) is 11.9. The molecule has 0 fully saturated rings. The number of nitrogens with one attached hydrogen (secondary N) is 1. The monoisotopic (exact) mass is 466 g/mol. The number of halogens is 3. The molecule has 0 aliphatic heterocycles. The second-order valence-electron chi connectivity index (χ2n) is 7.49. The van der Waals surface area contributed by atoms with E-state index >= 15 is 0 Å². The number of benzene rings is 2. The number of aryl methyl sites for hydroxylation is 1. The average Bonchev–Trinajstić information content (AvgIpc) is 2.74. The number of rotatable bonds is 4. The average molecular weight is 466 g/mol. The summed E-state index contributed by atoms with van der Waals surface area (Å²) in [5.74, 6) is -3.17. The van der Waals surface area contributed by atoms with Gasteiger partial charge in [-0.25, -0.2) is 18.2 Å². The Balaban J connectivity index is 2.01. The van der Waals surface area contributed by atoms with Gasteiger partial charge in [-0.3, -0.25) is 9.36 Å². The van der Waals surface area contributed by atoms with Crippen molar-refractivity contribution in [2.24, 2.45) is 0 Å². The zero-order valence-electron chi connectivity index (χ0n) is 17.9. The largest absolute Gasteiger partial charge is 0.382 e. The summed E-state index contributed by atoms with van der Waals surface area (Å²) in [6.45, 7) is 3.20. The van der Waals surface area contributed by atoms with Gasteiger partial charge in [0, 0.05) is 6.07 Å². The van der Waals surface area contributed by atoms with E-state index in [-0.39, 0.29) is 45.6 Å². The van der Waals surface area contributed by atoms with Gasteiger partial charge in [0.15, 0.2) is 5.82 Å². The van der Waals surface area contributed by atoms with Gasteiger partial charge in [0.25, 0.3) is 5.56 Å². The number of nitrogens with zero attached hydrogens (tertiary/aromatic N) is 5. The van der Waals surface area contributed by atoms with E-state index < -0.39 is 29.1 Å². The highest BCUT2D eigenvalue weighted by Crippen LogP contribution is 2.27. The fourth-order valence-corrected chi connectivity index (χ4v) is 3.59. The summed E-state index contributed by atoms with van der Waals surface area (Å²) in [7, 11) is 0. The van der Waals surface area contributed by atoms with Crippen LogP contribution in [-0.2, 0) is 0 Å². The predicted octanol–water partition coefficient (Wildman–Crippen LogP) is 3.11. The first-order valence-corrected chi connectivity index (χ1v) is 9.88. The molecule has 0 amide bonds. The molecule has 1 atom stereocenters. The molecule has 9 nitrogen and oxygen atoms in total. The Hall–Kier alpha value is -4.66. The summed E-state index contributed by atoms with van der Waals surface area (Å²) in [5.41, 5.74) is 10.8. The lowest BCUT2D eigenvalue weighted by Gasteiger charge is -2.21. The maximum atomic E-state index is 14.7. The lowest BCUT2D eigenvalue weighted by molar-refractivity contribution is 0.579. The van der Waals surface area contributed by atoms with E-state index in [2.05, 4.69) is 20.3 Å². The Bertz CT molecular complexity index is 1540. The maximum absolute atomic E-state index is 14.7. The van der Waals surface area contributed by atoms with Crippen LogP contribution in [0.1, 0.15) is 29.9 Å². The number of aromatic nitrogens is 4. The van der Waals surface area contributed by atoms with Crippen molar-refractivity contribution < 1.29 is 13.2 Å². The molecule has 0 saturated heterocycles. The van der Waals surface area contributed by atoms with Gasteiger partial charge in [0.05, 0.1) is 17.2 Å². The van der Waals surface area contributed by atoms with Crippen molar-refractivity contribution in [3.05, 3.63) is 75.1 Å². The first-order chi connectivity index (χ1) is 16.1. The summed E-state index contributed by atoms with van der Waals surface area (Å²) < 4.78 is 43.6. The topological polar surface area (TPSA) is 149 Å². The molecule has 2 aromatic carbocycles. The third-order valence-electron chi connectivity index (χ3n) is 5.11. The highest BCUT2D eigenvalue weighted by molar-refractivity contribution is 5.82. The maximum Gasteiger partial charge on any atom is 0.269 e. The van der Waals surface area contributed by atoms with Crippen molar-refractivity contribution in [1.29, 1.82) is 5.26 Å². The summed E-state index contributed by atoms with van der Waals surface area (Å²) in [5, 5.41) is 12.0. The van der Waals surface area contributed by atoms with Gasteiger partial charge in [-0.05, 0) is 37.6 Å². The van der Waals surface area contributed by atoms with Gasteiger partial charge >= 0.3 is 0 Å². The predicted molar refractivity (Wildman–Crippen MR) is 120 cm³/mol. The third-order valence-corrected chi connectivity index (χ3v) is 5.11. The lowest BCUT2D eigenvalue weighted by atomic mass is 10.1. The van der Waals surface area contributed by atoms with Gasteiger partial charge in [0.1, 0.15) is 46.1 Å². The van der Waals surface area contributed by atoms with Crippen molar-refractivity contribution in [3.63, 3.8) is 0 Å². The molecule has 0 aliphatic carbocycles. The molecular formula is C22H17F3N8O. The molecule has 5 N–H and O–H groups in total. The Morgan fingerprint density at radius 3 is 2.41 bits per heavy atom. The van der Waals surface area contributed by atoms with Crippen LogP contribution < -0.4 is 22.3 Å². The molecule has 0 saturated carbocycles. The van der Waals surface area contributed by atoms with Gasteiger partial charge < -0.3 is 16.8 Å². The minimum Gasteiger partial charge on any atom is -0.382 e. The van der Waals surface area contributed by atoms with Gasteiger partial charge in [-0.1, -0.05) is 6.07 Å². The van der Waals surface area contributed by atoms with Crippen molar-refractivity contribution in [2.75, 3.05) is 16.8 Å². The number of hydrogen-bond acceptors (Lipinski definition) is 8. The molecule has 12 heteroatoms. The van der Waals surface area contributed by atoms with Crippen LogP contribution in [0.15, 0.2) is 35.1 Å². The molecule has 34 heavy (non-hydrogen) atoms. The molecule has 4 aromatic rings. The zero-order chi connectivity index (χ0) is 24.7. The molecule has 0 unspecified atom stereocenters. The molecule has 4 rings (SSSR count). The van der Waals surface area contributed by atoms with Gasteiger partial charge in [-0.15, -0.1) is 0 Å². The standard InChI is InChI=1S/C22H17F3N8O/c1-9-3-4-15(25)16-17(9)30-20(33(21(16)34)13-6-11(23)5-12(24)7-13)10(2)29-19-14(8-26)18(27)31-22(28)32-19/h3-7,10H,1-2H3,(H5,27,28,29,31,32)/t10-/m0/s1. The minimum atomic E-state index is -0.943. The first kappa shape index (κ1) is 22.5. The van der Waals surface area contributed by atoms with Crippen molar-refractivity contribution in [2.45, 2.75) is 19.9 Å². The number of nitrogen functional groups attached to an aromatic ring is 2. The highest BCUT2D eigenvalue weighted by atomic mass is 19.1. The van der Waals surface area contributed by atoms with E-state index in [1.807, 2.05) is 6.07 Å². The fourth-order valence-electron chi connectivity index (χ4n) is 3.59. The Morgan fingerprint density at radius 2 is 1.76 bits per heavy atom. The van der Waals surface area contributed by atoms with E-state index in [1.165, 1.54) is 6.07 Å². The van der Waals surface area contributed by atoms with Crippen molar-refractivity contribution in [1.82, 2.24) is 19.5 Å². The number of anilines is 3. The summed E-state index contributed by atoms with van der Waals surface area (Å²) >= 11 is 0. The van der Waals surface area contributed by atoms with Gasteiger partial charge in [-0.2, -0.15) is 15.2 Å². The third kappa shape index (κ3) is 3.83. The molecule has 172 valence electrons. The number of hydrogen-bond donors (Lipinski definition) is 3.